The van der Waals surface area contributed by atoms with Gasteiger partial charge in [0.1, 0.15) is 0 Å². The average molecular weight is 281 g/mol. The number of carbonyl (C=O) groups is 1. The van der Waals surface area contributed by atoms with Crippen LogP contribution in [-0.4, -0.2) is 43.4 Å². The number of pyridine rings is 1. The SMILES string of the molecule is Cc1cnc2c(c1)NC(=O)CN2C1CCS(=O)(=O)C1. The molecule has 0 aromatic carbocycles. The summed E-state index contributed by atoms with van der Waals surface area (Å²) in [7, 11) is -2.97. The van der Waals surface area contributed by atoms with Gasteiger partial charge in [-0.1, -0.05) is 0 Å². The molecule has 2 aliphatic rings. The van der Waals surface area contributed by atoms with Gasteiger partial charge in [-0.25, -0.2) is 13.4 Å². The van der Waals surface area contributed by atoms with E-state index in [2.05, 4.69) is 10.3 Å². The quantitative estimate of drug-likeness (QED) is 0.803. The number of sulfone groups is 1. The zero-order chi connectivity index (χ0) is 13.6. The number of aryl methyl sites for hydroxylation is 1. The number of rotatable bonds is 1. The molecular weight excluding hydrogens is 266 g/mol. The van der Waals surface area contributed by atoms with Crippen LogP contribution in [0.15, 0.2) is 12.3 Å². The van der Waals surface area contributed by atoms with Gasteiger partial charge in [0.2, 0.25) is 5.91 Å². The van der Waals surface area contributed by atoms with Crippen molar-refractivity contribution in [3.05, 3.63) is 17.8 Å². The van der Waals surface area contributed by atoms with Crippen LogP contribution in [0.1, 0.15) is 12.0 Å². The molecular formula is C12H15N3O3S. The van der Waals surface area contributed by atoms with Crippen LogP contribution < -0.4 is 10.2 Å². The molecule has 0 bridgehead atoms. The second-order valence-corrected chi connectivity index (χ2v) is 7.35. The second kappa shape index (κ2) is 4.19. The first-order valence-corrected chi connectivity index (χ1v) is 8.00. The summed E-state index contributed by atoms with van der Waals surface area (Å²) >= 11 is 0. The van der Waals surface area contributed by atoms with Gasteiger partial charge in [0, 0.05) is 12.2 Å². The van der Waals surface area contributed by atoms with Gasteiger partial charge < -0.3 is 10.2 Å². The molecule has 1 aromatic heterocycles. The van der Waals surface area contributed by atoms with E-state index in [9.17, 15) is 13.2 Å². The van der Waals surface area contributed by atoms with Gasteiger partial charge in [-0.3, -0.25) is 4.79 Å². The third-order valence-corrected chi connectivity index (χ3v) is 5.26. The molecule has 0 aliphatic carbocycles. The highest BCUT2D eigenvalue weighted by atomic mass is 32.2. The van der Waals surface area contributed by atoms with Crippen molar-refractivity contribution >= 4 is 27.2 Å². The Balaban J connectivity index is 1.98. The first kappa shape index (κ1) is 12.4. The van der Waals surface area contributed by atoms with Crippen LogP contribution in [0, 0.1) is 6.92 Å². The zero-order valence-electron chi connectivity index (χ0n) is 10.6. The average Bonchev–Trinajstić information content (AvgIpc) is 2.68. The van der Waals surface area contributed by atoms with Crippen molar-refractivity contribution in [1.29, 1.82) is 0 Å². The highest BCUT2D eigenvalue weighted by molar-refractivity contribution is 7.91. The van der Waals surface area contributed by atoms with Crippen LogP contribution in [0.4, 0.5) is 11.5 Å². The van der Waals surface area contributed by atoms with Crippen LogP contribution in [0.2, 0.25) is 0 Å². The fourth-order valence-electron chi connectivity index (χ4n) is 2.63. The lowest BCUT2D eigenvalue weighted by Crippen LogP contribution is -2.45. The van der Waals surface area contributed by atoms with Crippen LogP contribution in [0.5, 0.6) is 0 Å². The topological polar surface area (TPSA) is 79.4 Å². The number of nitrogens with zero attached hydrogens (tertiary/aromatic N) is 2. The number of fused-ring (bicyclic) bond motifs is 1. The van der Waals surface area contributed by atoms with E-state index in [1.807, 2.05) is 17.9 Å². The summed E-state index contributed by atoms with van der Waals surface area (Å²) in [6.45, 7) is 2.07. The van der Waals surface area contributed by atoms with Crippen molar-refractivity contribution in [1.82, 2.24) is 4.98 Å². The Kier molecular flexibility index (Phi) is 2.74. The smallest absolute Gasteiger partial charge is 0.244 e. The summed E-state index contributed by atoms with van der Waals surface area (Å²) in [5.74, 6) is 0.850. The number of amides is 1. The Morgan fingerprint density at radius 2 is 2.26 bits per heavy atom. The Bertz CT molecular complexity index is 642. The van der Waals surface area contributed by atoms with E-state index in [0.29, 0.717) is 17.9 Å². The number of hydrogen-bond donors (Lipinski definition) is 1. The van der Waals surface area contributed by atoms with Gasteiger partial charge >= 0.3 is 0 Å². The van der Waals surface area contributed by atoms with Crippen molar-refractivity contribution in [3.63, 3.8) is 0 Å². The zero-order valence-corrected chi connectivity index (χ0v) is 11.4. The molecule has 102 valence electrons. The fourth-order valence-corrected chi connectivity index (χ4v) is 4.36. The summed E-state index contributed by atoms with van der Waals surface area (Å²) in [4.78, 5) is 17.9. The summed E-state index contributed by atoms with van der Waals surface area (Å²) in [5, 5.41) is 2.78. The maximum absolute atomic E-state index is 11.7. The van der Waals surface area contributed by atoms with Crippen LogP contribution in [0.3, 0.4) is 0 Å². The fraction of sp³-hybridized carbons (Fsp3) is 0.500. The third kappa shape index (κ3) is 2.30. The molecule has 1 amide bonds. The first-order valence-electron chi connectivity index (χ1n) is 6.18. The molecule has 2 aliphatic heterocycles. The predicted molar refractivity (Wildman–Crippen MR) is 72.0 cm³/mol. The first-order chi connectivity index (χ1) is 8.94. The molecule has 1 fully saturated rings. The summed E-state index contributed by atoms with van der Waals surface area (Å²) < 4.78 is 23.2. The minimum absolute atomic E-state index is 0.106. The summed E-state index contributed by atoms with van der Waals surface area (Å²) in [6, 6.07) is 1.71. The molecule has 3 rings (SSSR count). The normalized spacial score (nSPS) is 25.0. The molecule has 0 spiro atoms. The monoisotopic (exact) mass is 281 g/mol. The van der Waals surface area contributed by atoms with E-state index in [0.717, 1.165) is 5.56 Å². The van der Waals surface area contributed by atoms with Crippen LogP contribution >= 0.6 is 0 Å². The predicted octanol–water partition coefficient (Wildman–Crippen LogP) is 0.336. The van der Waals surface area contributed by atoms with E-state index >= 15 is 0 Å². The van der Waals surface area contributed by atoms with Gasteiger partial charge in [0.15, 0.2) is 15.7 Å². The maximum atomic E-state index is 11.7. The lowest BCUT2D eigenvalue weighted by molar-refractivity contribution is -0.115. The third-order valence-electron chi connectivity index (χ3n) is 3.51. The lowest BCUT2D eigenvalue weighted by Gasteiger charge is -2.33. The number of nitrogens with one attached hydrogen (secondary N) is 1. The second-order valence-electron chi connectivity index (χ2n) is 5.12. The van der Waals surface area contributed by atoms with E-state index in [1.165, 1.54) is 0 Å². The Morgan fingerprint density at radius 3 is 2.95 bits per heavy atom. The van der Waals surface area contributed by atoms with Crippen molar-refractivity contribution in [3.8, 4) is 0 Å². The molecule has 6 nitrogen and oxygen atoms in total. The van der Waals surface area contributed by atoms with Crippen LogP contribution in [0.25, 0.3) is 0 Å². The van der Waals surface area contributed by atoms with Gasteiger partial charge in [0.05, 0.1) is 23.7 Å². The van der Waals surface area contributed by atoms with E-state index < -0.39 is 9.84 Å². The molecule has 1 N–H and O–H groups in total. The van der Waals surface area contributed by atoms with E-state index in [-0.39, 0.29) is 30.0 Å². The molecule has 1 aromatic rings. The molecule has 3 heterocycles. The van der Waals surface area contributed by atoms with E-state index in [1.54, 1.807) is 6.20 Å². The molecule has 1 atom stereocenters. The van der Waals surface area contributed by atoms with Crippen molar-refractivity contribution in [2.24, 2.45) is 0 Å². The number of hydrogen-bond acceptors (Lipinski definition) is 5. The molecule has 1 unspecified atom stereocenters. The van der Waals surface area contributed by atoms with Crippen molar-refractivity contribution in [2.45, 2.75) is 19.4 Å². The molecule has 0 radical (unpaired) electrons. The Hall–Kier alpha value is -1.63. The summed E-state index contributed by atoms with van der Waals surface area (Å²) in [5.41, 5.74) is 1.63. The standard InChI is InChI=1S/C12H15N3O3S/c1-8-4-10-12(13-5-8)15(6-11(16)14-10)9-2-3-19(17,18)7-9/h4-5,9H,2-3,6-7H2,1H3,(H,14,16). The summed E-state index contributed by atoms with van der Waals surface area (Å²) in [6.07, 6.45) is 2.29. The minimum Gasteiger partial charge on any atom is -0.342 e. The number of anilines is 2. The minimum atomic E-state index is -2.97. The Morgan fingerprint density at radius 1 is 1.47 bits per heavy atom. The Labute approximate surface area is 111 Å². The number of carbonyl (C=O) groups excluding carboxylic acids is 1. The molecule has 1 saturated heterocycles. The van der Waals surface area contributed by atoms with Crippen molar-refractivity contribution in [2.75, 3.05) is 28.3 Å². The molecule has 19 heavy (non-hydrogen) atoms. The van der Waals surface area contributed by atoms with Gasteiger partial charge in [-0.05, 0) is 25.0 Å². The highest BCUT2D eigenvalue weighted by Gasteiger charge is 2.36. The van der Waals surface area contributed by atoms with Gasteiger partial charge in [-0.2, -0.15) is 0 Å². The lowest BCUT2D eigenvalue weighted by atomic mass is 10.1. The van der Waals surface area contributed by atoms with Crippen molar-refractivity contribution < 1.29 is 13.2 Å². The number of aromatic nitrogens is 1. The van der Waals surface area contributed by atoms with Crippen LogP contribution in [-0.2, 0) is 14.6 Å². The largest absolute Gasteiger partial charge is 0.342 e. The van der Waals surface area contributed by atoms with E-state index in [4.69, 9.17) is 0 Å². The molecule has 0 saturated carbocycles. The maximum Gasteiger partial charge on any atom is 0.244 e. The van der Waals surface area contributed by atoms with Gasteiger partial charge in [-0.15, -0.1) is 0 Å². The highest BCUT2D eigenvalue weighted by Crippen LogP contribution is 2.32. The van der Waals surface area contributed by atoms with Gasteiger partial charge in [0.25, 0.3) is 0 Å². The molecule has 7 heteroatoms.